The second-order valence-corrected chi connectivity index (χ2v) is 2.63. The van der Waals surface area contributed by atoms with Gasteiger partial charge in [0.25, 0.3) is 0 Å². The van der Waals surface area contributed by atoms with Gasteiger partial charge in [0.05, 0.1) is 7.11 Å². The third kappa shape index (κ3) is 1.67. The Hall–Kier alpha value is -0.640. The maximum atomic E-state index is 4.82. The Morgan fingerprint density at radius 2 is 2.20 bits per heavy atom. The molecule has 54 valence electrons. The van der Waals surface area contributed by atoms with E-state index in [2.05, 4.69) is 25.9 Å². The number of rotatable bonds is 1. The average Bonchev–Trinajstić information content (AvgIpc) is 1.85. The van der Waals surface area contributed by atoms with Crippen molar-refractivity contribution in [3.05, 3.63) is 16.4 Å². The summed E-state index contributed by atoms with van der Waals surface area (Å²) < 4.78 is 5.57. The average molecular weight is 203 g/mol. The van der Waals surface area contributed by atoms with E-state index in [9.17, 15) is 0 Å². The molecule has 1 rings (SSSR count). The van der Waals surface area contributed by atoms with E-state index in [4.69, 9.17) is 4.74 Å². The maximum absolute atomic E-state index is 4.82. The van der Waals surface area contributed by atoms with Gasteiger partial charge >= 0.3 is 6.01 Å². The van der Waals surface area contributed by atoms with Crippen molar-refractivity contribution in [2.24, 2.45) is 0 Å². The third-order valence-electron chi connectivity index (χ3n) is 0.985. The molecule has 4 heteroatoms. The number of hydrogen-bond donors (Lipinski definition) is 0. The lowest BCUT2D eigenvalue weighted by molar-refractivity contribution is 0.377. The standard InChI is InChI=1S/C6H7BrN2O/c1-4-3-5(7)9-6(8-4)10-2/h3H,1-2H3. The van der Waals surface area contributed by atoms with Gasteiger partial charge in [0.2, 0.25) is 0 Å². The summed E-state index contributed by atoms with van der Waals surface area (Å²) in [5, 5.41) is 0. The van der Waals surface area contributed by atoms with Crippen LogP contribution in [0.25, 0.3) is 0 Å². The summed E-state index contributed by atoms with van der Waals surface area (Å²) in [4.78, 5) is 7.92. The molecule has 0 aliphatic heterocycles. The highest BCUT2D eigenvalue weighted by atomic mass is 79.9. The predicted molar refractivity (Wildman–Crippen MR) is 41.0 cm³/mol. The van der Waals surface area contributed by atoms with Crippen LogP contribution in [0.4, 0.5) is 0 Å². The van der Waals surface area contributed by atoms with Crippen LogP contribution in [0.5, 0.6) is 6.01 Å². The van der Waals surface area contributed by atoms with Crippen molar-refractivity contribution >= 4 is 15.9 Å². The molecule has 3 nitrogen and oxygen atoms in total. The Labute approximate surface area is 67.6 Å². The summed E-state index contributed by atoms with van der Waals surface area (Å²) in [5.74, 6) is 0. The van der Waals surface area contributed by atoms with Gasteiger partial charge in [0, 0.05) is 5.69 Å². The topological polar surface area (TPSA) is 35.0 Å². The zero-order valence-corrected chi connectivity index (χ0v) is 7.34. The summed E-state index contributed by atoms with van der Waals surface area (Å²) in [6.07, 6.45) is 0. The Balaban J connectivity index is 3.06. The van der Waals surface area contributed by atoms with E-state index in [-0.39, 0.29) is 0 Å². The summed E-state index contributed by atoms with van der Waals surface area (Å²) in [6.45, 7) is 1.88. The minimum atomic E-state index is 0.395. The van der Waals surface area contributed by atoms with Gasteiger partial charge in [-0.2, -0.15) is 4.98 Å². The van der Waals surface area contributed by atoms with Crippen molar-refractivity contribution in [3.8, 4) is 6.01 Å². The summed E-state index contributed by atoms with van der Waals surface area (Å²) >= 11 is 3.22. The minimum absolute atomic E-state index is 0.395. The molecule has 0 atom stereocenters. The van der Waals surface area contributed by atoms with E-state index in [1.807, 2.05) is 13.0 Å². The molecule has 0 spiro atoms. The Morgan fingerprint density at radius 3 is 2.70 bits per heavy atom. The fraction of sp³-hybridized carbons (Fsp3) is 0.333. The van der Waals surface area contributed by atoms with Crippen LogP contribution in [-0.4, -0.2) is 17.1 Å². The van der Waals surface area contributed by atoms with Crippen LogP contribution >= 0.6 is 15.9 Å². The lowest BCUT2D eigenvalue weighted by Gasteiger charge is -1.98. The molecular formula is C6H7BrN2O. The smallest absolute Gasteiger partial charge is 0.317 e. The van der Waals surface area contributed by atoms with Gasteiger partial charge in [-0.1, -0.05) is 0 Å². The van der Waals surface area contributed by atoms with Gasteiger partial charge in [0.1, 0.15) is 4.60 Å². The molecule has 0 aromatic carbocycles. The third-order valence-corrected chi connectivity index (χ3v) is 1.39. The molecule has 0 radical (unpaired) electrons. The van der Waals surface area contributed by atoms with Crippen LogP contribution in [0.15, 0.2) is 10.7 Å². The van der Waals surface area contributed by atoms with Gasteiger partial charge in [-0.3, -0.25) is 0 Å². The highest BCUT2D eigenvalue weighted by Crippen LogP contribution is 2.10. The Kier molecular flexibility index (Phi) is 2.21. The van der Waals surface area contributed by atoms with E-state index < -0.39 is 0 Å². The molecule has 1 heterocycles. The van der Waals surface area contributed by atoms with Crippen molar-refractivity contribution in [2.45, 2.75) is 6.92 Å². The molecule has 1 aromatic rings. The van der Waals surface area contributed by atoms with E-state index in [1.165, 1.54) is 0 Å². The summed E-state index contributed by atoms with van der Waals surface area (Å²) in [5.41, 5.74) is 0.888. The molecule has 0 bridgehead atoms. The van der Waals surface area contributed by atoms with E-state index in [0.717, 1.165) is 10.3 Å². The van der Waals surface area contributed by atoms with Crippen LogP contribution in [0, 0.1) is 6.92 Å². The molecule has 0 N–H and O–H groups in total. The largest absolute Gasteiger partial charge is 0.467 e. The van der Waals surface area contributed by atoms with Crippen molar-refractivity contribution < 1.29 is 4.74 Å². The van der Waals surface area contributed by atoms with Crippen LogP contribution in [0.1, 0.15) is 5.69 Å². The predicted octanol–water partition coefficient (Wildman–Crippen LogP) is 1.56. The van der Waals surface area contributed by atoms with Gasteiger partial charge in [-0.25, -0.2) is 4.98 Å². The number of ether oxygens (including phenoxy) is 1. The van der Waals surface area contributed by atoms with Crippen LogP contribution < -0.4 is 4.74 Å². The first-order chi connectivity index (χ1) is 4.72. The lowest BCUT2D eigenvalue weighted by Crippen LogP contribution is -1.93. The monoisotopic (exact) mass is 202 g/mol. The van der Waals surface area contributed by atoms with Crippen molar-refractivity contribution in [1.82, 2.24) is 9.97 Å². The fourth-order valence-electron chi connectivity index (χ4n) is 0.595. The number of aromatic nitrogens is 2. The molecule has 0 unspecified atom stereocenters. The molecule has 0 saturated carbocycles. The highest BCUT2D eigenvalue weighted by Gasteiger charge is 1.96. The SMILES string of the molecule is COc1nc(C)cc(Br)n1. The molecular weight excluding hydrogens is 196 g/mol. The first-order valence-electron chi connectivity index (χ1n) is 2.77. The zero-order chi connectivity index (χ0) is 7.56. The molecule has 0 aliphatic rings. The van der Waals surface area contributed by atoms with E-state index in [1.54, 1.807) is 7.11 Å². The van der Waals surface area contributed by atoms with Gasteiger partial charge in [-0.15, -0.1) is 0 Å². The minimum Gasteiger partial charge on any atom is -0.467 e. The first kappa shape index (κ1) is 7.47. The van der Waals surface area contributed by atoms with Crippen LogP contribution in [0.3, 0.4) is 0 Å². The van der Waals surface area contributed by atoms with Gasteiger partial charge < -0.3 is 4.74 Å². The van der Waals surface area contributed by atoms with Crippen LogP contribution in [0.2, 0.25) is 0 Å². The quantitative estimate of drug-likeness (QED) is 0.649. The maximum Gasteiger partial charge on any atom is 0.317 e. The first-order valence-corrected chi connectivity index (χ1v) is 3.57. The number of methoxy groups -OCH3 is 1. The van der Waals surface area contributed by atoms with E-state index >= 15 is 0 Å². The van der Waals surface area contributed by atoms with Gasteiger partial charge in [-0.05, 0) is 28.9 Å². The molecule has 10 heavy (non-hydrogen) atoms. The number of aryl methyl sites for hydroxylation is 1. The van der Waals surface area contributed by atoms with Crippen molar-refractivity contribution in [2.75, 3.05) is 7.11 Å². The summed E-state index contributed by atoms with van der Waals surface area (Å²) in [6, 6.07) is 2.22. The van der Waals surface area contributed by atoms with Gasteiger partial charge in [0.15, 0.2) is 0 Å². The van der Waals surface area contributed by atoms with Crippen LogP contribution in [-0.2, 0) is 0 Å². The number of halogens is 1. The van der Waals surface area contributed by atoms with Crippen molar-refractivity contribution in [1.29, 1.82) is 0 Å². The molecule has 0 saturated heterocycles. The fourth-order valence-corrected chi connectivity index (χ4v) is 1.08. The molecule has 0 aliphatic carbocycles. The van der Waals surface area contributed by atoms with E-state index in [0.29, 0.717) is 6.01 Å². The molecule has 0 amide bonds. The summed E-state index contributed by atoms with van der Waals surface area (Å²) in [7, 11) is 1.54. The Bertz CT molecular complexity index is 219. The molecule has 1 aromatic heterocycles. The molecule has 0 fully saturated rings. The zero-order valence-electron chi connectivity index (χ0n) is 5.76. The van der Waals surface area contributed by atoms with Crippen molar-refractivity contribution in [3.63, 3.8) is 0 Å². The number of hydrogen-bond acceptors (Lipinski definition) is 3. The normalized spacial score (nSPS) is 9.50. The second kappa shape index (κ2) is 2.96. The Morgan fingerprint density at radius 1 is 1.50 bits per heavy atom. The second-order valence-electron chi connectivity index (χ2n) is 1.82. The highest BCUT2D eigenvalue weighted by molar-refractivity contribution is 9.10. The lowest BCUT2D eigenvalue weighted by atomic mass is 10.5. The number of nitrogens with zero attached hydrogens (tertiary/aromatic N) is 2.